The average Bonchev–Trinajstić information content (AvgIpc) is 3.18. The van der Waals surface area contributed by atoms with Crippen LogP contribution in [0.5, 0.6) is 0 Å². The Morgan fingerprint density at radius 2 is 0.152 bits per heavy atom. The van der Waals surface area contributed by atoms with Crippen LogP contribution in [0.3, 0.4) is 0 Å². The first-order valence-corrected chi connectivity index (χ1v) is 15.8. The summed E-state index contributed by atoms with van der Waals surface area (Å²) in [4.78, 5) is 0. The molecule has 0 aliphatic heterocycles. The summed E-state index contributed by atoms with van der Waals surface area (Å²) in [6, 6.07) is 0. The molecule has 0 atom stereocenters. The van der Waals surface area contributed by atoms with Crippen LogP contribution in [0.4, 0.5) is 0 Å². The van der Waals surface area contributed by atoms with Crippen LogP contribution < -0.4 is 138 Å². The molecule has 42 heteroatoms. The third-order valence-corrected chi connectivity index (χ3v) is 2.00. The summed E-state index contributed by atoms with van der Waals surface area (Å²) in [5.74, 6) is 0. The number of nitrogens with two attached hydrogens (primary N) is 24. The Kier molecular flexibility index (Phi) is 1100. The molecule has 0 spiro atoms. The van der Waals surface area contributed by atoms with E-state index in [0.717, 1.165) is 0 Å². The van der Waals surface area contributed by atoms with Crippen molar-refractivity contribution < 1.29 is 68.3 Å². The monoisotopic (exact) mass is 2220 g/mol. The number of hydrogen-bond donors (Lipinski definition) is 24. The van der Waals surface area contributed by atoms with Gasteiger partial charge in [0.25, 0.3) is 0 Å². The van der Waals surface area contributed by atoms with E-state index in [2.05, 4.69) is 0 Å². The van der Waals surface area contributed by atoms with Crippen molar-refractivity contribution in [3.63, 3.8) is 0 Å². The maximum Gasteiger partial charge on any atom is 3.00 e. The molecule has 12 radical (unpaired) electrons. The zero-order chi connectivity index (χ0) is 41.0. The van der Waals surface area contributed by atoms with E-state index in [1.165, 1.54) is 0 Å². The van der Waals surface area contributed by atoms with Gasteiger partial charge in [0.1, 0.15) is 0 Å². The van der Waals surface area contributed by atoms with Gasteiger partial charge in [-0.2, -0.15) is 0 Å². The molecule has 0 fully saturated rings. The predicted octanol–water partition coefficient (Wildman–Crippen LogP) is -18.5. The maximum atomic E-state index is 4.90. The topological polar surface area (TPSA) is 624 Å². The molecule has 424 valence electrons. The molecule has 24 nitrogen and oxygen atoms in total. The van der Waals surface area contributed by atoms with E-state index >= 15 is 0 Å². The minimum absolute atomic E-state index is 0. The molecule has 0 aliphatic rings. The summed E-state index contributed by atoms with van der Waals surface area (Å²) >= 11 is 0. The maximum absolute atomic E-state index is 4.90. The van der Waals surface area contributed by atoms with Crippen molar-refractivity contribution in [3.05, 3.63) is 0 Å². The number of hydrogen-bond acceptors (Lipinski definition) is 24. The molecule has 0 bridgehead atoms. The molecule has 0 amide bonds. The smallest absolute Gasteiger partial charge is 2.00 e. The first kappa shape index (κ1) is 202. The third-order valence-electron chi connectivity index (χ3n) is 2.00. The van der Waals surface area contributed by atoms with Gasteiger partial charge in [-0.3, -0.25) is 0 Å². The first-order chi connectivity index (χ1) is 23.0. The van der Waals surface area contributed by atoms with Gasteiger partial charge in [0, 0.05) is 206 Å². The van der Waals surface area contributed by atoms with Gasteiger partial charge in [-0.05, 0) is 0 Å². The van der Waals surface area contributed by atoms with Crippen molar-refractivity contribution in [2.75, 3.05) is 157 Å². The standard InChI is InChI=1S/12C2H8N2.4Mn.4Sb.10Se/c12*3-1-2-4;;;;;;;;;;;;;;;;;;/h12*1-4H2;;;;;;;;;;;;;;;;;;/q;;;;;;;;;;;;2*+2;2*+3;;;2*+3;10*-2. The molecule has 0 saturated heterocycles. The molecule has 0 saturated carbocycles. The van der Waals surface area contributed by atoms with Gasteiger partial charge in [-0.1, -0.05) is 0 Å². The molecule has 0 aliphatic carbocycles. The molecule has 0 aromatic heterocycles. The SMILES string of the molecule is NCCN.NCCN.NCCN.NCCN.NCCN.NCCN.NCCN.NCCN.NCCN.NCCN.NCCN.NCCN.[Mn+2].[Mn+2].[Mn+3].[Mn+3].[Sb+3].[Sb+3].[Sb].[Sb].[Se-2].[Se-2].[Se-2].[Se-2].[Se-2].[Se-2].[Se-2].[Se-2].[Se-2].[Se-2]. The average molecular weight is 2220 g/mol. The van der Waals surface area contributed by atoms with Gasteiger partial charge in [0.05, 0.1) is 0 Å². The van der Waals surface area contributed by atoms with Crippen LogP contribution in [-0.4, -0.2) is 425 Å². The Hall–Kier alpha value is 9.59. The van der Waals surface area contributed by atoms with Gasteiger partial charge in [0.15, 0.2) is 0 Å². The second-order valence-corrected chi connectivity index (χ2v) is 6.93. The number of rotatable bonds is 12. The zero-order valence-corrected chi connectivity index (χ0v) is 70.3. The van der Waals surface area contributed by atoms with Crippen molar-refractivity contribution in [3.8, 4) is 0 Å². The van der Waals surface area contributed by atoms with Crippen molar-refractivity contribution in [1.82, 2.24) is 0 Å². The molecule has 0 unspecified atom stereocenters. The summed E-state index contributed by atoms with van der Waals surface area (Å²) in [7, 11) is 0. The zero-order valence-electron chi connectivity index (χ0n) is 38.2. The van der Waals surface area contributed by atoms with Gasteiger partial charge in [-0.25, -0.2) is 0 Å². The molecule has 0 aromatic carbocycles. The van der Waals surface area contributed by atoms with Crippen LogP contribution in [0.15, 0.2) is 0 Å². The summed E-state index contributed by atoms with van der Waals surface area (Å²) in [5.41, 5.74) is 118. The van der Waals surface area contributed by atoms with E-state index in [1.54, 1.807) is 0 Å². The Labute approximate surface area is 621 Å². The van der Waals surface area contributed by atoms with Crippen LogP contribution in [-0.2, 0) is 68.3 Å². The van der Waals surface area contributed by atoms with Crippen LogP contribution in [0.25, 0.3) is 0 Å². The quantitative estimate of drug-likeness (QED) is 0.0807. The van der Waals surface area contributed by atoms with E-state index in [-0.39, 0.29) is 337 Å². The van der Waals surface area contributed by atoms with Crippen LogP contribution in [0.1, 0.15) is 0 Å². The van der Waals surface area contributed by atoms with E-state index in [4.69, 9.17) is 138 Å². The first-order valence-electron chi connectivity index (χ1n) is 15.8. The van der Waals surface area contributed by atoms with E-state index in [0.29, 0.717) is 157 Å². The van der Waals surface area contributed by atoms with Crippen LogP contribution in [0.2, 0.25) is 0 Å². The van der Waals surface area contributed by atoms with Crippen molar-refractivity contribution in [2.24, 2.45) is 138 Å². The summed E-state index contributed by atoms with van der Waals surface area (Å²) in [5, 5.41) is 0. The molecular formula is C24H96Mn4N24Sb4Se10-4. The normalized spacial score (nSPS) is 5.45. The Morgan fingerprint density at radius 1 is 0.136 bits per heavy atom. The van der Waals surface area contributed by atoms with Crippen LogP contribution >= 0.6 is 0 Å². The summed E-state index contributed by atoms with van der Waals surface area (Å²) in [6.45, 7) is 14.3. The van der Waals surface area contributed by atoms with Gasteiger partial charge >= 0.3 is 117 Å². The fourth-order valence-corrected chi connectivity index (χ4v) is 0. The summed E-state index contributed by atoms with van der Waals surface area (Å²) in [6.07, 6.45) is 0. The van der Waals surface area contributed by atoms with E-state index in [1.807, 2.05) is 0 Å². The Balaban J connectivity index is -0.00000000747. The van der Waals surface area contributed by atoms with Crippen molar-refractivity contribution >= 4 is 268 Å². The van der Waals surface area contributed by atoms with Gasteiger partial charge < -0.3 is 308 Å². The molecular weight excluding hydrogens is 2120 g/mol. The second kappa shape index (κ2) is 358. The van der Waals surface area contributed by atoms with Crippen molar-refractivity contribution in [2.45, 2.75) is 0 Å². The minimum atomic E-state index is 0. The predicted molar refractivity (Wildman–Crippen MR) is 298 cm³/mol. The molecule has 0 rings (SSSR count). The van der Waals surface area contributed by atoms with E-state index < -0.39 is 0 Å². The Morgan fingerprint density at radius 3 is 0.152 bits per heavy atom. The molecule has 66 heavy (non-hydrogen) atoms. The summed E-state index contributed by atoms with van der Waals surface area (Å²) < 4.78 is 0. The molecule has 48 N–H and O–H groups in total. The molecule has 0 heterocycles. The van der Waals surface area contributed by atoms with Crippen molar-refractivity contribution in [1.29, 1.82) is 0 Å². The Bertz CT molecular complexity index is 240. The third kappa shape index (κ3) is 832. The van der Waals surface area contributed by atoms with Gasteiger partial charge in [0.2, 0.25) is 0 Å². The molecule has 0 aromatic rings. The fraction of sp³-hybridized carbons (Fsp3) is 1.00. The van der Waals surface area contributed by atoms with E-state index in [9.17, 15) is 0 Å². The largest absolute Gasteiger partial charge is 3.00 e. The minimum Gasteiger partial charge on any atom is -2.00 e. The fourth-order valence-electron chi connectivity index (χ4n) is 0. The van der Waals surface area contributed by atoms with Crippen LogP contribution in [0, 0.1) is 0 Å². The van der Waals surface area contributed by atoms with Gasteiger partial charge in [-0.15, -0.1) is 0 Å². The second-order valence-electron chi connectivity index (χ2n) is 6.93.